The molecule has 0 bridgehead atoms. The second-order valence-corrected chi connectivity index (χ2v) is 8.79. The van der Waals surface area contributed by atoms with E-state index in [0.29, 0.717) is 6.61 Å². The fourth-order valence-electron chi connectivity index (χ4n) is 4.51. The lowest BCUT2D eigenvalue weighted by Gasteiger charge is -2.31. The molecule has 3 atom stereocenters. The summed E-state index contributed by atoms with van der Waals surface area (Å²) in [6.45, 7) is 4.50. The molecular formula is C30H35NO3. The van der Waals surface area contributed by atoms with Crippen molar-refractivity contribution in [1.29, 1.82) is 0 Å². The van der Waals surface area contributed by atoms with E-state index < -0.39 is 18.0 Å². The Morgan fingerprint density at radius 3 is 1.91 bits per heavy atom. The second-order valence-electron chi connectivity index (χ2n) is 8.79. The minimum absolute atomic E-state index is 0.0908. The molecule has 1 heterocycles. The number of hydrogen-bond acceptors (Lipinski definition) is 4. The van der Waals surface area contributed by atoms with Gasteiger partial charge in [0.1, 0.15) is 12.2 Å². The SMILES string of the molecule is CCC1(CC)OC[C@H]([C@H](O)[C@@H](/C=C/c2ccccc2)NC(c2ccccc2)c2ccccc2)O1. The van der Waals surface area contributed by atoms with E-state index in [-0.39, 0.29) is 12.1 Å². The van der Waals surface area contributed by atoms with Gasteiger partial charge in [-0.3, -0.25) is 5.32 Å². The molecule has 0 spiro atoms. The first kappa shape index (κ1) is 24.4. The van der Waals surface area contributed by atoms with Crippen LogP contribution in [0.25, 0.3) is 6.08 Å². The van der Waals surface area contributed by atoms with Crippen LogP contribution in [-0.4, -0.2) is 35.8 Å². The van der Waals surface area contributed by atoms with E-state index in [4.69, 9.17) is 9.47 Å². The Bertz CT molecular complexity index is 979. The molecule has 1 aliphatic rings. The summed E-state index contributed by atoms with van der Waals surface area (Å²) in [6, 6.07) is 30.4. The molecule has 4 heteroatoms. The summed E-state index contributed by atoms with van der Waals surface area (Å²) in [7, 11) is 0. The largest absolute Gasteiger partial charge is 0.388 e. The van der Waals surface area contributed by atoms with Gasteiger partial charge in [0.15, 0.2) is 5.79 Å². The van der Waals surface area contributed by atoms with Gasteiger partial charge in [-0.15, -0.1) is 0 Å². The maximum absolute atomic E-state index is 11.5. The Morgan fingerprint density at radius 2 is 1.41 bits per heavy atom. The summed E-state index contributed by atoms with van der Waals surface area (Å²) in [6.07, 6.45) is 4.40. The molecule has 4 rings (SSSR count). The van der Waals surface area contributed by atoms with Crippen LogP contribution in [0.5, 0.6) is 0 Å². The quantitative estimate of drug-likeness (QED) is 0.408. The Kier molecular flexibility index (Phi) is 8.30. The molecule has 0 aromatic heterocycles. The van der Waals surface area contributed by atoms with Crippen LogP contribution in [0.3, 0.4) is 0 Å². The first-order chi connectivity index (χ1) is 16.6. The van der Waals surface area contributed by atoms with Gasteiger partial charge in [0.05, 0.1) is 18.7 Å². The highest BCUT2D eigenvalue weighted by atomic mass is 16.7. The van der Waals surface area contributed by atoms with Gasteiger partial charge in [0.2, 0.25) is 0 Å². The molecule has 0 radical (unpaired) electrons. The van der Waals surface area contributed by atoms with Gasteiger partial charge >= 0.3 is 0 Å². The average Bonchev–Trinajstić information content (AvgIpc) is 3.35. The lowest BCUT2D eigenvalue weighted by molar-refractivity contribution is -0.182. The average molecular weight is 458 g/mol. The third kappa shape index (κ3) is 5.83. The molecule has 0 saturated carbocycles. The standard InChI is InChI=1S/C30H35NO3/c1-3-30(4-2)33-22-27(34-30)29(32)26(21-20-23-14-8-5-9-15-23)31-28(24-16-10-6-11-17-24)25-18-12-7-13-19-25/h5-21,26-29,31-32H,3-4,22H2,1-2H3/b21-20+/t26-,27-,29-/m1/s1. The maximum Gasteiger partial charge on any atom is 0.168 e. The predicted molar refractivity (Wildman–Crippen MR) is 137 cm³/mol. The monoisotopic (exact) mass is 457 g/mol. The molecule has 1 saturated heterocycles. The zero-order valence-electron chi connectivity index (χ0n) is 20.0. The molecule has 1 aliphatic heterocycles. The van der Waals surface area contributed by atoms with Gasteiger partial charge in [0, 0.05) is 0 Å². The van der Waals surface area contributed by atoms with Crippen molar-refractivity contribution in [2.45, 2.75) is 56.8 Å². The molecule has 0 amide bonds. The lowest BCUT2D eigenvalue weighted by Crippen LogP contribution is -2.48. The highest BCUT2D eigenvalue weighted by Gasteiger charge is 2.43. The number of ether oxygens (including phenoxy) is 2. The first-order valence-corrected chi connectivity index (χ1v) is 12.2. The summed E-state index contributed by atoms with van der Waals surface area (Å²) >= 11 is 0. The molecule has 3 aromatic rings. The van der Waals surface area contributed by atoms with Crippen molar-refractivity contribution in [3.05, 3.63) is 114 Å². The predicted octanol–water partition coefficient (Wildman–Crippen LogP) is 5.74. The Labute approximate surface area is 203 Å². The van der Waals surface area contributed by atoms with E-state index >= 15 is 0 Å². The van der Waals surface area contributed by atoms with E-state index in [1.807, 2.05) is 60.7 Å². The molecule has 34 heavy (non-hydrogen) atoms. The fraction of sp³-hybridized carbons (Fsp3) is 0.333. The Morgan fingerprint density at radius 1 is 0.882 bits per heavy atom. The summed E-state index contributed by atoms with van der Waals surface area (Å²) < 4.78 is 12.3. The van der Waals surface area contributed by atoms with Crippen molar-refractivity contribution < 1.29 is 14.6 Å². The highest BCUT2D eigenvalue weighted by Crippen LogP contribution is 2.33. The number of aliphatic hydroxyl groups excluding tert-OH is 1. The van der Waals surface area contributed by atoms with E-state index in [1.54, 1.807) is 0 Å². The highest BCUT2D eigenvalue weighted by molar-refractivity contribution is 5.50. The van der Waals surface area contributed by atoms with Crippen molar-refractivity contribution in [3.8, 4) is 0 Å². The van der Waals surface area contributed by atoms with E-state index in [0.717, 1.165) is 29.5 Å². The second kappa shape index (κ2) is 11.6. The lowest BCUT2D eigenvalue weighted by atomic mass is 9.95. The van der Waals surface area contributed by atoms with Crippen molar-refractivity contribution >= 4 is 6.08 Å². The molecule has 0 unspecified atom stereocenters. The number of hydrogen-bond donors (Lipinski definition) is 2. The van der Waals surface area contributed by atoms with Crippen LogP contribution in [0.4, 0.5) is 0 Å². The first-order valence-electron chi connectivity index (χ1n) is 12.2. The topological polar surface area (TPSA) is 50.7 Å². The van der Waals surface area contributed by atoms with Crippen LogP contribution in [0.1, 0.15) is 49.4 Å². The molecule has 4 nitrogen and oxygen atoms in total. The van der Waals surface area contributed by atoms with Crippen molar-refractivity contribution in [1.82, 2.24) is 5.32 Å². The molecule has 1 fully saturated rings. The van der Waals surface area contributed by atoms with Crippen LogP contribution >= 0.6 is 0 Å². The molecule has 178 valence electrons. The summed E-state index contributed by atoms with van der Waals surface area (Å²) in [4.78, 5) is 0. The minimum Gasteiger partial charge on any atom is -0.388 e. The third-order valence-electron chi connectivity index (χ3n) is 6.62. The van der Waals surface area contributed by atoms with Crippen LogP contribution in [-0.2, 0) is 9.47 Å². The van der Waals surface area contributed by atoms with Crippen LogP contribution in [0, 0.1) is 0 Å². The molecule has 2 N–H and O–H groups in total. The van der Waals surface area contributed by atoms with Crippen molar-refractivity contribution in [2.75, 3.05) is 6.61 Å². The zero-order chi connectivity index (χ0) is 23.8. The van der Waals surface area contributed by atoms with Crippen LogP contribution in [0.15, 0.2) is 97.1 Å². The van der Waals surface area contributed by atoms with E-state index in [1.165, 1.54) is 0 Å². The van der Waals surface area contributed by atoms with Gasteiger partial charge in [-0.1, -0.05) is 117 Å². The smallest absolute Gasteiger partial charge is 0.168 e. The number of benzene rings is 3. The van der Waals surface area contributed by atoms with Crippen molar-refractivity contribution in [2.24, 2.45) is 0 Å². The maximum atomic E-state index is 11.5. The van der Waals surface area contributed by atoms with E-state index in [2.05, 4.69) is 61.6 Å². The minimum atomic E-state index is -0.783. The van der Waals surface area contributed by atoms with Gasteiger partial charge in [-0.25, -0.2) is 0 Å². The molecule has 0 aliphatic carbocycles. The normalized spacial score (nSPS) is 19.5. The number of nitrogens with one attached hydrogen (secondary N) is 1. The zero-order valence-corrected chi connectivity index (χ0v) is 20.0. The molecular weight excluding hydrogens is 422 g/mol. The fourth-order valence-corrected chi connectivity index (χ4v) is 4.51. The van der Waals surface area contributed by atoms with Gasteiger partial charge in [-0.05, 0) is 29.5 Å². The summed E-state index contributed by atoms with van der Waals surface area (Å²) in [5, 5.41) is 15.3. The van der Waals surface area contributed by atoms with Gasteiger partial charge in [-0.2, -0.15) is 0 Å². The van der Waals surface area contributed by atoms with E-state index in [9.17, 15) is 5.11 Å². The third-order valence-corrected chi connectivity index (χ3v) is 6.62. The Hall–Kier alpha value is -2.76. The van der Waals surface area contributed by atoms with Gasteiger partial charge < -0.3 is 14.6 Å². The summed E-state index contributed by atoms with van der Waals surface area (Å²) in [5.41, 5.74) is 3.36. The van der Waals surface area contributed by atoms with Crippen LogP contribution < -0.4 is 5.32 Å². The number of aliphatic hydroxyl groups is 1. The summed E-state index contributed by atoms with van der Waals surface area (Å²) in [5.74, 6) is -0.613. The molecule has 3 aromatic carbocycles. The van der Waals surface area contributed by atoms with Crippen LogP contribution in [0.2, 0.25) is 0 Å². The number of rotatable bonds is 10. The van der Waals surface area contributed by atoms with Crippen molar-refractivity contribution in [3.63, 3.8) is 0 Å². The van der Waals surface area contributed by atoms with Gasteiger partial charge in [0.25, 0.3) is 0 Å². The Balaban J connectivity index is 1.64.